The fourth-order valence-electron chi connectivity index (χ4n) is 1.93. The van der Waals surface area contributed by atoms with Gasteiger partial charge in [0.1, 0.15) is 19.0 Å². The Balaban J connectivity index is 1.96. The Hall–Kier alpha value is -2.21. The molecule has 108 valence electrons. The SMILES string of the molecule is COc1ccc2cc(-c3nccc(OCCF)n3)sc2c1. The third-order valence-corrected chi connectivity index (χ3v) is 4.00. The molecule has 2 heterocycles. The highest BCUT2D eigenvalue weighted by Gasteiger charge is 2.09. The van der Waals surface area contributed by atoms with Crippen LogP contribution in [-0.4, -0.2) is 30.4 Å². The van der Waals surface area contributed by atoms with E-state index in [1.165, 1.54) is 0 Å². The molecule has 0 saturated carbocycles. The maximum atomic E-state index is 12.1. The zero-order valence-corrected chi connectivity index (χ0v) is 12.2. The van der Waals surface area contributed by atoms with Gasteiger partial charge in [0.05, 0.1) is 12.0 Å². The average molecular weight is 304 g/mol. The lowest BCUT2D eigenvalue weighted by Crippen LogP contribution is -2.01. The van der Waals surface area contributed by atoms with Crippen LogP contribution in [0.1, 0.15) is 0 Å². The van der Waals surface area contributed by atoms with E-state index in [9.17, 15) is 4.39 Å². The van der Waals surface area contributed by atoms with Gasteiger partial charge in [0.15, 0.2) is 5.82 Å². The molecule has 0 atom stereocenters. The van der Waals surface area contributed by atoms with Gasteiger partial charge in [0.2, 0.25) is 5.88 Å². The van der Waals surface area contributed by atoms with Gasteiger partial charge >= 0.3 is 0 Å². The fourth-order valence-corrected chi connectivity index (χ4v) is 2.97. The third kappa shape index (κ3) is 2.95. The summed E-state index contributed by atoms with van der Waals surface area (Å²) in [6.07, 6.45) is 1.61. The lowest BCUT2D eigenvalue weighted by atomic mass is 10.2. The largest absolute Gasteiger partial charge is 0.497 e. The molecule has 21 heavy (non-hydrogen) atoms. The van der Waals surface area contributed by atoms with Gasteiger partial charge in [-0.25, -0.2) is 9.37 Å². The van der Waals surface area contributed by atoms with Crippen LogP contribution in [-0.2, 0) is 0 Å². The topological polar surface area (TPSA) is 44.2 Å². The predicted molar refractivity (Wildman–Crippen MR) is 80.9 cm³/mol. The van der Waals surface area contributed by atoms with Gasteiger partial charge < -0.3 is 9.47 Å². The number of hydrogen-bond acceptors (Lipinski definition) is 5. The van der Waals surface area contributed by atoms with Crippen molar-refractivity contribution in [2.24, 2.45) is 0 Å². The molecule has 6 heteroatoms. The number of hydrogen-bond donors (Lipinski definition) is 0. The van der Waals surface area contributed by atoms with Crippen molar-refractivity contribution >= 4 is 21.4 Å². The quantitative estimate of drug-likeness (QED) is 0.720. The number of ether oxygens (including phenoxy) is 2. The van der Waals surface area contributed by atoms with Crippen LogP contribution in [0.4, 0.5) is 4.39 Å². The van der Waals surface area contributed by atoms with Gasteiger partial charge in [-0.1, -0.05) is 0 Å². The molecule has 0 amide bonds. The molecule has 0 N–H and O–H groups in total. The molecule has 3 rings (SSSR count). The number of rotatable bonds is 5. The molecule has 0 radical (unpaired) electrons. The molecular formula is C15H13FN2O2S. The highest BCUT2D eigenvalue weighted by atomic mass is 32.1. The zero-order valence-electron chi connectivity index (χ0n) is 11.4. The Labute approximate surface area is 125 Å². The van der Waals surface area contributed by atoms with Crippen molar-refractivity contribution in [3.05, 3.63) is 36.5 Å². The molecule has 2 aromatic heterocycles. The van der Waals surface area contributed by atoms with Crippen LogP contribution in [0.25, 0.3) is 20.8 Å². The number of benzene rings is 1. The number of nitrogens with zero attached hydrogens (tertiary/aromatic N) is 2. The summed E-state index contributed by atoms with van der Waals surface area (Å²) < 4.78 is 23.6. The van der Waals surface area contributed by atoms with Crippen molar-refractivity contribution in [2.75, 3.05) is 20.4 Å². The summed E-state index contributed by atoms with van der Waals surface area (Å²) in [5.74, 6) is 1.77. The van der Waals surface area contributed by atoms with Crippen LogP contribution in [0.3, 0.4) is 0 Å². The van der Waals surface area contributed by atoms with E-state index in [0.717, 1.165) is 20.7 Å². The Bertz CT molecular complexity index is 760. The maximum Gasteiger partial charge on any atom is 0.216 e. The van der Waals surface area contributed by atoms with Crippen molar-refractivity contribution in [1.82, 2.24) is 9.97 Å². The molecular weight excluding hydrogens is 291 g/mol. The van der Waals surface area contributed by atoms with E-state index in [2.05, 4.69) is 9.97 Å². The smallest absolute Gasteiger partial charge is 0.216 e. The molecule has 4 nitrogen and oxygen atoms in total. The van der Waals surface area contributed by atoms with Gasteiger partial charge in [-0.2, -0.15) is 4.98 Å². The predicted octanol–water partition coefficient (Wildman–Crippen LogP) is 3.72. The van der Waals surface area contributed by atoms with Crippen LogP contribution < -0.4 is 9.47 Å². The second-order valence-corrected chi connectivity index (χ2v) is 5.35. The summed E-state index contributed by atoms with van der Waals surface area (Å²) in [7, 11) is 1.64. The zero-order chi connectivity index (χ0) is 14.7. The van der Waals surface area contributed by atoms with Crippen molar-refractivity contribution in [3.8, 4) is 22.3 Å². The molecule has 0 unspecified atom stereocenters. The lowest BCUT2D eigenvalue weighted by molar-refractivity contribution is 0.264. The second-order valence-electron chi connectivity index (χ2n) is 4.27. The van der Waals surface area contributed by atoms with Gasteiger partial charge in [-0.15, -0.1) is 11.3 Å². The van der Waals surface area contributed by atoms with Crippen molar-refractivity contribution in [2.45, 2.75) is 0 Å². The Morgan fingerprint density at radius 2 is 2.14 bits per heavy atom. The van der Waals surface area contributed by atoms with Crippen LogP contribution in [0.5, 0.6) is 11.6 Å². The van der Waals surface area contributed by atoms with E-state index in [4.69, 9.17) is 9.47 Å². The molecule has 0 spiro atoms. The monoisotopic (exact) mass is 304 g/mol. The first kappa shape index (κ1) is 13.8. The number of aromatic nitrogens is 2. The number of fused-ring (bicyclic) bond motifs is 1. The average Bonchev–Trinajstić information content (AvgIpc) is 2.96. The Morgan fingerprint density at radius 3 is 2.95 bits per heavy atom. The van der Waals surface area contributed by atoms with Crippen molar-refractivity contribution in [3.63, 3.8) is 0 Å². The van der Waals surface area contributed by atoms with E-state index in [1.807, 2.05) is 24.3 Å². The Morgan fingerprint density at radius 1 is 1.24 bits per heavy atom. The fraction of sp³-hybridized carbons (Fsp3) is 0.200. The number of thiophene rings is 1. The first-order valence-electron chi connectivity index (χ1n) is 6.40. The summed E-state index contributed by atoms with van der Waals surface area (Å²) in [5, 5.41) is 1.11. The van der Waals surface area contributed by atoms with Crippen molar-refractivity contribution in [1.29, 1.82) is 0 Å². The molecule has 0 aliphatic rings. The van der Waals surface area contributed by atoms with Gasteiger partial charge in [-0.05, 0) is 29.7 Å². The van der Waals surface area contributed by atoms with E-state index >= 15 is 0 Å². The number of methoxy groups -OCH3 is 1. The summed E-state index contributed by atoms with van der Waals surface area (Å²) in [6.45, 7) is -0.540. The van der Waals surface area contributed by atoms with E-state index in [-0.39, 0.29) is 6.61 Å². The first-order chi connectivity index (χ1) is 10.3. The lowest BCUT2D eigenvalue weighted by Gasteiger charge is -2.02. The molecule has 0 aliphatic carbocycles. The van der Waals surface area contributed by atoms with Crippen molar-refractivity contribution < 1.29 is 13.9 Å². The Kier molecular flexibility index (Phi) is 3.96. The van der Waals surface area contributed by atoms with Crippen LogP contribution in [0, 0.1) is 0 Å². The normalized spacial score (nSPS) is 10.8. The van der Waals surface area contributed by atoms with Crippen LogP contribution >= 0.6 is 11.3 Å². The molecule has 0 saturated heterocycles. The standard InChI is InChI=1S/C15H13FN2O2S/c1-19-11-3-2-10-8-13(21-12(10)9-11)15-17-6-4-14(18-15)20-7-5-16/h2-4,6,8-9H,5,7H2,1H3. The minimum Gasteiger partial charge on any atom is -0.497 e. The van der Waals surface area contributed by atoms with Gasteiger partial charge in [0, 0.05) is 17.0 Å². The summed E-state index contributed by atoms with van der Waals surface area (Å²) >= 11 is 1.58. The summed E-state index contributed by atoms with van der Waals surface area (Å²) in [4.78, 5) is 9.48. The first-order valence-corrected chi connectivity index (χ1v) is 7.21. The molecule has 0 aliphatic heterocycles. The third-order valence-electron chi connectivity index (χ3n) is 2.90. The van der Waals surface area contributed by atoms with E-state index < -0.39 is 6.67 Å². The highest BCUT2D eigenvalue weighted by molar-refractivity contribution is 7.22. The maximum absolute atomic E-state index is 12.1. The summed E-state index contributed by atoms with van der Waals surface area (Å²) in [5.41, 5.74) is 0. The van der Waals surface area contributed by atoms with Gasteiger partial charge in [0.25, 0.3) is 0 Å². The van der Waals surface area contributed by atoms with Crippen LogP contribution in [0.2, 0.25) is 0 Å². The minimum atomic E-state index is -0.540. The summed E-state index contributed by atoms with van der Waals surface area (Å²) in [6, 6.07) is 9.54. The van der Waals surface area contributed by atoms with E-state index in [1.54, 1.807) is 30.7 Å². The molecule has 3 aromatic rings. The van der Waals surface area contributed by atoms with Crippen LogP contribution in [0.15, 0.2) is 36.5 Å². The highest BCUT2D eigenvalue weighted by Crippen LogP contribution is 2.34. The minimum absolute atomic E-state index is 0.0000677. The second kappa shape index (κ2) is 6.05. The van der Waals surface area contributed by atoms with Gasteiger partial charge in [-0.3, -0.25) is 0 Å². The number of alkyl halides is 1. The molecule has 0 fully saturated rings. The number of halogens is 1. The molecule has 0 bridgehead atoms. The van der Waals surface area contributed by atoms with E-state index in [0.29, 0.717) is 11.7 Å². The molecule has 1 aromatic carbocycles.